The van der Waals surface area contributed by atoms with E-state index in [1.54, 1.807) is 36.0 Å². The Bertz CT molecular complexity index is 529. The number of aryl methyl sites for hydroxylation is 1. The molecule has 0 radical (unpaired) electrons. The highest BCUT2D eigenvalue weighted by atomic mass is 16.3. The van der Waals surface area contributed by atoms with E-state index in [0.29, 0.717) is 11.1 Å². The first kappa shape index (κ1) is 9.73. The van der Waals surface area contributed by atoms with E-state index in [2.05, 4.69) is 0 Å². The first-order chi connectivity index (χ1) is 7.15. The normalized spacial score (nSPS) is 10.8. The lowest BCUT2D eigenvalue weighted by molar-refractivity contribution is 0.100. The number of nitrogens with zero attached hydrogens (tertiary/aromatic N) is 1. The molecule has 0 aliphatic carbocycles. The molecule has 15 heavy (non-hydrogen) atoms. The van der Waals surface area contributed by atoms with Gasteiger partial charge in [0.05, 0.1) is 12.1 Å². The molecule has 1 aromatic heterocycles. The van der Waals surface area contributed by atoms with Crippen molar-refractivity contribution in [3.8, 4) is 5.75 Å². The Labute approximate surface area is 86.9 Å². The minimum atomic E-state index is -0.119. The lowest BCUT2D eigenvalue weighted by atomic mass is 10.1. The summed E-state index contributed by atoms with van der Waals surface area (Å²) in [5.41, 5.74) is 6.54. The largest absolute Gasteiger partial charge is 0.506 e. The van der Waals surface area contributed by atoms with Gasteiger partial charge in [0, 0.05) is 24.2 Å². The number of aromatic nitrogens is 1. The Morgan fingerprint density at radius 2 is 2.27 bits per heavy atom. The van der Waals surface area contributed by atoms with Crippen molar-refractivity contribution < 1.29 is 9.90 Å². The number of ketones is 1. The van der Waals surface area contributed by atoms with E-state index in [0.717, 1.165) is 5.39 Å². The minimum absolute atomic E-state index is 0.0191. The van der Waals surface area contributed by atoms with Crippen molar-refractivity contribution in [1.82, 2.24) is 4.57 Å². The summed E-state index contributed by atoms with van der Waals surface area (Å²) in [7, 11) is 1.79. The van der Waals surface area contributed by atoms with Gasteiger partial charge in [0.15, 0.2) is 5.78 Å². The summed E-state index contributed by atoms with van der Waals surface area (Å²) in [5, 5.41) is 10.4. The summed E-state index contributed by atoms with van der Waals surface area (Å²) in [5.74, 6) is 0.0530. The highest BCUT2D eigenvalue weighted by molar-refractivity contribution is 6.10. The zero-order chi connectivity index (χ0) is 11.0. The topological polar surface area (TPSA) is 68.2 Å². The second-order valence-corrected chi connectivity index (χ2v) is 3.45. The van der Waals surface area contributed by atoms with Crippen molar-refractivity contribution >= 4 is 16.7 Å². The van der Waals surface area contributed by atoms with Crippen LogP contribution in [0.3, 0.4) is 0 Å². The van der Waals surface area contributed by atoms with Gasteiger partial charge in [-0.2, -0.15) is 0 Å². The summed E-state index contributed by atoms with van der Waals surface area (Å²) in [6, 6.07) is 5.11. The molecular formula is C11H12N2O2. The molecule has 0 aliphatic rings. The number of fused-ring (bicyclic) bond motifs is 1. The van der Waals surface area contributed by atoms with Crippen LogP contribution in [0.2, 0.25) is 0 Å². The summed E-state index contributed by atoms with van der Waals surface area (Å²) in [6.45, 7) is -0.0191. The van der Waals surface area contributed by atoms with Crippen molar-refractivity contribution in [2.24, 2.45) is 12.8 Å². The molecule has 0 unspecified atom stereocenters. The SMILES string of the molecule is Cn1cc(C(=O)CN)c2cccc(O)c21. The fourth-order valence-corrected chi connectivity index (χ4v) is 1.78. The lowest BCUT2D eigenvalue weighted by Crippen LogP contribution is -2.12. The fraction of sp³-hybridized carbons (Fsp3) is 0.182. The highest BCUT2D eigenvalue weighted by Crippen LogP contribution is 2.28. The van der Waals surface area contributed by atoms with E-state index in [9.17, 15) is 9.90 Å². The average molecular weight is 204 g/mol. The number of carbonyl (C=O) groups excluding carboxylic acids is 1. The van der Waals surface area contributed by atoms with Gasteiger partial charge in [0.2, 0.25) is 0 Å². The quantitative estimate of drug-likeness (QED) is 0.718. The van der Waals surface area contributed by atoms with Crippen LogP contribution in [0.4, 0.5) is 0 Å². The molecule has 1 aromatic carbocycles. The van der Waals surface area contributed by atoms with Gasteiger partial charge in [-0.25, -0.2) is 0 Å². The monoisotopic (exact) mass is 204 g/mol. The molecule has 2 rings (SSSR count). The third-order valence-electron chi connectivity index (χ3n) is 2.47. The second kappa shape index (κ2) is 3.40. The van der Waals surface area contributed by atoms with E-state index < -0.39 is 0 Å². The number of nitrogens with two attached hydrogens (primary N) is 1. The van der Waals surface area contributed by atoms with E-state index in [1.165, 1.54) is 0 Å². The molecular weight excluding hydrogens is 192 g/mol. The van der Waals surface area contributed by atoms with Gasteiger partial charge >= 0.3 is 0 Å². The summed E-state index contributed by atoms with van der Waals surface area (Å²) in [4.78, 5) is 11.5. The van der Waals surface area contributed by atoms with E-state index in [4.69, 9.17) is 5.73 Å². The number of hydrogen-bond acceptors (Lipinski definition) is 3. The zero-order valence-electron chi connectivity index (χ0n) is 8.40. The number of rotatable bonds is 2. The third kappa shape index (κ3) is 1.39. The van der Waals surface area contributed by atoms with Gasteiger partial charge in [-0.1, -0.05) is 12.1 Å². The molecule has 3 N–H and O–H groups in total. The molecule has 1 heterocycles. The Morgan fingerprint density at radius 1 is 1.53 bits per heavy atom. The standard InChI is InChI=1S/C11H12N2O2/c1-13-6-8(10(15)5-12)7-3-2-4-9(14)11(7)13/h2-4,6,14H,5,12H2,1H3. The lowest BCUT2D eigenvalue weighted by Gasteiger charge is -1.98. The van der Waals surface area contributed by atoms with Gasteiger partial charge < -0.3 is 15.4 Å². The van der Waals surface area contributed by atoms with Crippen LogP contribution in [-0.4, -0.2) is 22.0 Å². The highest BCUT2D eigenvalue weighted by Gasteiger charge is 2.14. The van der Waals surface area contributed by atoms with Crippen LogP contribution in [-0.2, 0) is 7.05 Å². The summed E-state index contributed by atoms with van der Waals surface area (Å²) < 4.78 is 1.73. The minimum Gasteiger partial charge on any atom is -0.506 e. The van der Waals surface area contributed by atoms with Crippen LogP contribution in [0.1, 0.15) is 10.4 Å². The Morgan fingerprint density at radius 3 is 2.93 bits per heavy atom. The molecule has 0 bridgehead atoms. The fourth-order valence-electron chi connectivity index (χ4n) is 1.78. The maximum absolute atomic E-state index is 11.5. The Balaban J connectivity index is 2.79. The number of benzene rings is 1. The number of Topliss-reactive ketones (excluding diaryl/α,β-unsaturated/α-hetero) is 1. The molecule has 78 valence electrons. The van der Waals surface area contributed by atoms with Gasteiger partial charge in [-0.05, 0) is 6.07 Å². The zero-order valence-corrected chi connectivity index (χ0v) is 8.40. The van der Waals surface area contributed by atoms with Crippen molar-refractivity contribution in [3.05, 3.63) is 30.0 Å². The molecule has 0 saturated heterocycles. The van der Waals surface area contributed by atoms with Crippen LogP contribution < -0.4 is 5.73 Å². The maximum Gasteiger partial charge on any atom is 0.178 e. The number of phenolic OH excluding ortho intramolecular Hbond substituents is 1. The average Bonchev–Trinajstić information content (AvgIpc) is 2.56. The summed E-state index contributed by atoms with van der Waals surface area (Å²) in [6.07, 6.45) is 1.69. The number of phenols is 1. The van der Waals surface area contributed by atoms with Crippen LogP contribution in [0.5, 0.6) is 5.75 Å². The van der Waals surface area contributed by atoms with E-state index in [1.807, 2.05) is 0 Å². The van der Waals surface area contributed by atoms with Gasteiger partial charge in [0.25, 0.3) is 0 Å². The summed E-state index contributed by atoms with van der Waals surface area (Å²) >= 11 is 0. The second-order valence-electron chi connectivity index (χ2n) is 3.45. The Kier molecular flexibility index (Phi) is 2.21. The van der Waals surface area contributed by atoms with Crippen molar-refractivity contribution in [1.29, 1.82) is 0 Å². The molecule has 0 fully saturated rings. The first-order valence-corrected chi connectivity index (χ1v) is 4.65. The van der Waals surface area contributed by atoms with Crippen LogP contribution in [0.25, 0.3) is 10.9 Å². The van der Waals surface area contributed by atoms with Gasteiger partial charge in [-0.15, -0.1) is 0 Å². The first-order valence-electron chi connectivity index (χ1n) is 4.65. The third-order valence-corrected chi connectivity index (χ3v) is 2.47. The molecule has 2 aromatic rings. The Hall–Kier alpha value is -1.81. The molecule has 0 spiro atoms. The van der Waals surface area contributed by atoms with Gasteiger partial charge in [-0.3, -0.25) is 4.79 Å². The van der Waals surface area contributed by atoms with E-state index in [-0.39, 0.29) is 18.1 Å². The van der Waals surface area contributed by atoms with Crippen molar-refractivity contribution in [2.75, 3.05) is 6.54 Å². The number of para-hydroxylation sites is 1. The smallest absolute Gasteiger partial charge is 0.178 e. The molecule has 0 amide bonds. The number of aromatic hydroxyl groups is 1. The van der Waals surface area contributed by atoms with Crippen molar-refractivity contribution in [3.63, 3.8) is 0 Å². The number of carbonyl (C=O) groups is 1. The number of hydrogen-bond donors (Lipinski definition) is 2. The van der Waals surface area contributed by atoms with Crippen molar-refractivity contribution in [2.45, 2.75) is 0 Å². The predicted molar refractivity (Wildman–Crippen MR) is 58.0 cm³/mol. The van der Waals surface area contributed by atoms with Gasteiger partial charge in [0.1, 0.15) is 5.75 Å². The predicted octanol–water partition coefficient (Wildman–Crippen LogP) is 1.03. The molecule has 0 aliphatic heterocycles. The van der Waals surface area contributed by atoms with E-state index >= 15 is 0 Å². The molecule has 4 nitrogen and oxygen atoms in total. The molecule has 0 atom stereocenters. The van der Waals surface area contributed by atoms with Crippen LogP contribution in [0, 0.1) is 0 Å². The maximum atomic E-state index is 11.5. The molecule has 0 saturated carbocycles. The van der Waals surface area contributed by atoms with Crippen LogP contribution in [0.15, 0.2) is 24.4 Å². The van der Waals surface area contributed by atoms with Crippen LogP contribution >= 0.6 is 0 Å². The molecule has 4 heteroatoms.